The minimum absolute atomic E-state index is 0.265. The fourth-order valence-corrected chi connectivity index (χ4v) is 4.77. The number of benzene rings is 1. The van der Waals surface area contributed by atoms with E-state index in [1.165, 1.54) is 11.1 Å². The van der Waals surface area contributed by atoms with E-state index < -0.39 is 0 Å². The van der Waals surface area contributed by atoms with E-state index in [0.29, 0.717) is 12.5 Å². The minimum Gasteiger partial charge on any atom is -0.330 e. The second-order valence-corrected chi connectivity index (χ2v) is 8.32. The molecular weight excluding hydrogens is 372 g/mol. The fraction of sp³-hybridized carbons (Fsp3) is 0.316. The summed E-state index contributed by atoms with van der Waals surface area (Å²) in [6.07, 6.45) is 7.77. The Morgan fingerprint density at radius 3 is 2.84 bits per heavy atom. The van der Waals surface area contributed by atoms with E-state index in [1.807, 2.05) is 23.3 Å². The topological polar surface area (TPSA) is 32.3 Å². The third-order valence-electron chi connectivity index (χ3n) is 4.56. The summed E-state index contributed by atoms with van der Waals surface area (Å²) < 4.78 is 3.20. The van der Waals surface area contributed by atoms with Crippen molar-refractivity contribution in [3.63, 3.8) is 0 Å². The number of carbonyl (C=O) groups is 1. The van der Waals surface area contributed by atoms with Gasteiger partial charge in [0.25, 0.3) is 0 Å². The van der Waals surface area contributed by atoms with Gasteiger partial charge in [-0.3, -0.25) is 4.79 Å². The third kappa shape index (κ3) is 3.59. The van der Waals surface area contributed by atoms with Gasteiger partial charge in [0, 0.05) is 41.0 Å². The fourth-order valence-electron chi connectivity index (χ4n) is 3.10. The summed E-state index contributed by atoms with van der Waals surface area (Å²) in [4.78, 5) is 15.2. The maximum Gasteiger partial charge on any atom is 0.227 e. The number of carbonyl (C=O) groups excluding carboxylic acids is 1. The molecule has 0 saturated heterocycles. The Labute approximate surface area is 161 Å². The van der Waals surface area contributed by atoms with E-state index in [-0.39, 0.29) is 5.91 Å². The van der Waals surface area contributed by atoms with Crippen molar-refractivity contribution in [3.05, 3.63) is 46.4 Å². The Kier molecular flexibility index (Phi) is 4.80. The highest BCUT2D eigenvalue weighted by molar-refractivity contribution is 7.99. The highest BCUT2D eigenvalue weighted by Gasteiger charge is 2.33. The summed E-state index contributed by atoms with van der Waals surface area (Å²) in [5, 5.41) is 2.92. The molecule has 25 heavy (non-hydrogen) atoms. The second-order valence-electron chi connectivity index (χ2n) is 6.39. The number of hydrogen-bond acceptors (Lipinski definition) is 4. The molecule has 1 aliphatic heterocycles. The van der Waals surface area contributed by atoms with Crippen LogP contribution in [0.2, 0.25) is 5.02 Å². The van der Waals surface area contributed by atoms with Gasteiger partial charge in [-0.25, -0.2) is 0 Å². The number of anilines is 1. The molecule has 1 aromatic heterocycles. The number of allylic oxidation sites excluding steroid dienone is 1. The highest BCUT2D eigenvalue weighted by atomic mass is 35.5. The van der Waals surface area contributed by atoms with Gasteiger partial charge in [-0.1, -0.05) is 23.5 Å². The number of rotatable bonds is 5. The molecule has 2 aliphatic rings. The molecule has 6 heteroatoms. The van der Waals surface area contributed by atoms with E-state index in [1.54, 1.807) is 23.3 Å². The standard InChI is InChI=1S/C19H19ClN2OS2/c1-24-21-14-3-6-16(17(20)9-14)18-8-13(11-25-18)12-2-7-19(23)22(10-12)15-4-5-15/h3,6,8-11,15,21H,2,4-5,7H2,1H3. The lowest BCUT2D eigenvalue weighted by molar-refractivity contribution is -0.129. The van der Waals surface area contributed by atoms with E-state index in [4.69, 9.17) is 11.6 Å². The SMILES string of the molecule is CSNc1ccc(-c2cc(C3=CN(C4CC4)C(=O)CC3)cs2)c(Cl)c1. The van der Waals surface area contributed by atoms with Crippen molar-refractivity contribution in [2.24, 2.45) is 0 Å². The van der Waals surface area contributed by atoms with Gasteiger partial charge in [0.1, 0.15) is 0 Å². The van der Waals surface area contributed by atoms with Crippen LogP contribution in [0.15, 0.2) is 35.8 Å². The normalized spacial score (nSPS) is 17.6. The summed E-state index contributed by atoms with van der Waals surface area (Å²) in [6, 6.07) is 8.70. The largest absolute Gasteiger partial charge is 0.330 e. The van der Waals surface area contributed by atoms with Crippen LogP contribution in [-0.2, 0) is 4.79 Å². The van der Waals surface area contributed by atoms with Crippen molar-refractivity contribution in [1.82, 2.24) is 4.90 Å². The van der Waals surface area contributed by atoms with Crippen molar-refractivity contribution in [2.45, 2.75) is 31.7 Å². The van der Waals surface area contributed by atoms with Crippen LogP contribution in [-0.4, -0.2) is 23.1 Å². The molecule has 0 bridgehead atoms. The predicted molar refractivity (Wildman–Crippen MR) is 109 cm³/mol. The summed E-state index contributed by atoms with van der Waals surface area (Å²) in [6.45, 7) is 0. The quantitative estimate of drug-likeness (QED) is 0.646. The first-order valence-electron chi connectivity index (χ1n) is 8.35. The van der Waals surface area contributed by atoms with Gasteiger partial charge in [-0.2, -0.15) is 0 Å². The molecule has 1 N–H and O–H groups in total. The Bertz CT molecular complexity index is 842. The first-order chi connectivity index (χ1) is 12.2. The summed E-state index contributed by atoms with van der Waals surface area (Å²) in [7, 11) is 0. The number of nitrogens with one attached hydrogen (secondary N) is 1. The van der Waals surface area contributed by atoms with Gasteiger partial charge in [0.15, 0.2) is 0 Å². The first kappa shape index (κ1) is 17.0. The van der Waals surface area contributed by atoms with E-state index in [0.717, 1.165) is 40.4 Å². The van der Waals surface area contributed by atoms with Crippen molar-refractivity contribution in [3.8, 4) is 10.4 Å². The van der Waals surface area contributed by atoms with Crippen LogP contribution in [0.3, 0.4) is 0 Å². The van der Waals surface area contributed by atoms with Crippen LogP contribution in [0.1, 0.15) is 31.2 Å². The second kappa shape index (κ2) is 7.06. The lowest BCUT2D eigenvalue weighted by atomic mass is 10.0. The molecule has 2 heterocycles. The average Bonchev–Trinajstić information content (AvgIpc) is 3.33. The van der Waals surface area contributed by atoms with Crippen LogP contribution < -0.4 is 4.72 Å². The molecule has 1 saturated carbocycles. The van der Waals surface area contributed by atoms with Crippen molar-refractivity contribution < 1.29 is 4.79 Å². The number of hydrogen-bond donors (Lipinski definition) is 1. The van der Waals surface area contributed by atoms with Gasteiger partial charge in [-0.05, 0) is 60.0 Å². The zero-order chi connectivity index (χ0) is 17.4. The van der Waals surface area contributed by atoms with Crippen LogP contribution in [0.5, 0.6) is 0 Å². The van der Waals surface area contributed by atoms with Crippen LogP contribution in [0.4, 0.5) is 5.69 Å². The first-order valence-corrected chi connectivity index (χ1v) is 10.8. The smallest absolute Gasteiger partial charge is 0.227 e. The molecule has 0 radical (unpaired) electrons. The molecule has 1 aliphatic carbocycles. The summed E-state index contributed by atoms with van der Waals surface area (Å²) >= 11 is 9.73. The van der Waals surface area contributed by atoms with Gasteiger partial charge >= 0.3 is 0 Å². The lowest BCUT2D eigenvalue weighted by Crippen LogP contribution is -2.30. The van der Waals surface area contributed by atoms with Crippen molar-refractivity contribution in [2.75, 3.05) is 11.0 Å². The number of amides is 1. The highest BCUT2D eigenvalue weighted by Crippen LogP contribution is 2.39. The molecule has 2 aromatic rings. The van der Waals surface area contributed by atoms with E-state index >= 15 is 0 Å². The average molecular weight is 391 g/mol. The Balaban J connectivity index is 1.60. The third-order valence-corrected chi connectivity index (χ3v) is 6.27. The Morgan fingerprint density at radius 2 is 2.12 bits per heavy atom. The summed E-state index contributed by atoms with van der Waals surface area (Å²) in [5.74, 6) is 0.265. The molecule has 3 nitrogen and oxygen atoms in total. The molecule has 0 spiro atoms. The van der Waals surface area contributed by atoms with Crippen molar-refractivity contribution >= 4 is 52.1 Å². The number of halogens is 1. The minimum atomic E-state index is 0.265. The van der Waals surface area contributed by atoms with Crippen LogP contribution >= 0.6 is 34.9 Å². The molecule has 1 amide bonds. The van der Waals surface area contributed by atoms with Gasteiger partial charge in [0.2, 0.25) is 5.91 Å². The monoisotopic (exact) mass is 390 g/mol. The zero-order valence-corrected chi connectivity index (χ0v) is 16.3. The van der Waals surface area contributed by atoms with Crippen molar-refractivity contribution in [1.29, 1.82) is 0 Å². The molecule has 130 valence electrons. The Morgan fingerprint density at radius 1 is 1.28 bits per heavy atom. The number of nitrogens with zero attached hydrogens (tertiary/aromatic N) is 1. The zero-order valence-electron chi connectivity index (χ0n) is 13.9. The summed E-state index contributed by atoms with van der Waals surface area (Å²) in [5.41, 5.74) is 4.52. The molecule has 0 atom stereocenters. The maximum atomic E-state index is 12.1. The molecule has 1 fully saturated rings. The van der Waals surface area contributed by atoms with Crippen LogP contribution in [0.25, 0.3) is 16.0 Å². The van der Waals surface area contributed by atoms with Gasteiger partial charge < -0.3 is 9.62 Å². The van der Waals surface area contributed by atoms with Gasteiger partial charge in [0.05, 0.1) is 5.02 Å². The molecule has 4 rings (SSSR count). The van der Waals surface area contributed by atoms with Gasteiger partial charge in [-0.15, -0.1) is 11.3 Å². The van der Waals surface area contributed by atoms with E-state index in [2.05, 4.69) is 28.4 Å². The molecule has 1 aromatic carbocycles. The predicted octanol–water partition coefficient (Wildman–Crippen LogP) is 5.88. The van der Waals surface area contributed by atoms with E-state index in [9.17, 15) is 4.79 Å². The lowest BCUT2D eigenvalue weighted by Gasteiger charge is -2.24. The van der Waals surface area contributed by atoms with Crippen LogP contribution in [0, 0.1) is 0 Å². The Hall–Kier alpha value is -1.43. The number of thiophene rings is 1. The molecule has 0 unspecified atom stereocenters. The molecular formula is C19H19ClN2OS2. The maximum absolute atomic E-state index is 12.1.